The predicted octanol–water partition coefficient (Wildman–Crippen LogP) is 3.92. The maximum absolute atomic E-state index is 13.4. The minimum Gasteiger partial charge on any atom is -0.493 e. The molecular weight excluding hydrogens is 440 g/mol. The summed E-state index contributed by atoms with van der Waals surface area (Å²) in [6.45, 7) is 7.86. The average Bonchev–Trinajstić information content (AvgIpc) is 3.56. The molecule has 3 N–H and O–H groups in total. The monoisotopic (exact) mass is 476 g/mol. The number of nitrogens with zero attached hydrogens (tertiary/aromatic N) is 1. The van der Waals surface area contributed by atoms with Crippen LogP contribution < -0.4 is 15.4 Å². The lowest BCUT2D eigenvalue weighted by molar-refractivity contribution is -0.129. The first-order valence-corrected chi connectivity index (χ1v) is 12.9. The number of piperidine rings is 1. The zero-order chi connectivity index (χ0) is 24.5. The van der Waals surface area contributed by atoms with E-state index in [9.17, 15) is 9.59 Å². The Balaban J connectivity index is 1.38. The summed E-state index contributed by atoms with van der Waals surface area (Å²) in [6.07, 6.45) is 6.91. The van der Waals surface area contributed by atoms with Gasteiger partial charge >= 0.3 is 0 Å². The van der Waals surface area contributed by atoms with Crippen LogP contribution in [0.1, 0.15) is 74.9 Å². The van der Waals surface area contributed by atoms with Gasteiger partial charge in [0, 0.05) is 49.1 Å². The van der Waals surface area contributed by atoms with Crippen LogP contribution in [0.15, 0.2) is 36.2 Å². The molecule has 1 aliphatic carbocycles. The number of amides is 2. The number of aromatic nitrogens is 1. The molecular formula is C28H36N4O3. The molecule has 35 heavy (non-hydrogen) atoms. The van der Waals surface area contributed by atoms with Gasteiger partial charge in [0.25, 0.3) is 5.91 Å². The number of rotatable bonds is 7. The molecule has 186 valence electrons. The number of likely N-dealkylation sites (tertiary alicyclic amines) is 1. The summed E-state index contributed by atoms with van der Waals surface area (Å²) in [5.74, 6) is 1.61. The fourth-order valence-corrected chi connectivity index (χ4v) is 5.18. The van der Waals surface area contributed by atoms with E-state index in [0.717, 1.165) is 54.1 Å². The van der Waals surface area contributed by atoms with Crippen molar-refractivity contribution in [2.75, 3.05) is 19.7 Å². The maximum atomic E-state index is 13.4. The molecule has 2 fully saturated rings. The Labute approximate surface area is 207 Å². The van der Waals surface area contributed by atoms with E-state index in [4.69, 9.17) is 4.74 Å². The Bertz CT molecular complexity index is 1140. The highest BCUT2D eigenvalue weighted by Crippen LogP contribution is 2.40. The molecule has 3 aliphatic rings. The third-order valence-corrected chi connectivity index (χ3v) is 7.54. The van der Waals surface area contributed by atoms with E-state index in [2.05, 4.69) is 46.8 Å². The van der Waals surface area contributed by atoms with Crippen molar-refractivity contribution in [1.29, 1.82) is 0 Å². The lowest BCUT2D eigenvalue weighted by Gasteiger charge is -2.33. The summed E-state index contributed by atoms with van der Waals surface area (Å²) in [5.41, 5.74) is 5.79. The van der Waals surface area contributed by atoms with Crippen LogP contribution in [0.2, 0.25) is 0 Å². The summed E-state index contributed by atoms with van der Waals surface area (Å²) >= 11 is 0. The van der Waals surface area contributed by atoms with Crippen molar-refractivity contribution in [1.82, 2.24) is 20.5 Å². The van der Waals surface area contributed by atoms with Crippen LogP contribution in [0.4, 0.5) is 0 Å². The van der Waals surface area contributed by atoms with E-state index in [-0.39, 0.29) is 23.9 Å². The van der Waals surface area contributed by atoms with Crippen LogP contribution >= 0.6 is 0 Å². The van der Waals surface area contributed by atoms with Gasteiger partial charge in [-0.2, -0.15) is 0 Å². The second-order valence-electron chi connectivity index (χ2n) is 10.1. The first kappa shape index (κ1) is 23.5. The molecule has 7 heteroatoms. The number of carbonyl (C=O) groups excluding carboxylic acids is 2. The molecule has 1 atom stereocenters. The number of hydrogen-bond acceptors (Lipinski definition) is 4. The summed E-state index contributed by atoms with van der Waals surface area (Å²) in [7, 11) is 0. The lowest BCUT2D eigenvalue weighted by Crippen LogP contribution is -2.46. The number of nitrogens with one attached hydrogen (secondary N) is 3. The smallest absolute Gasteiger partial charge is 0.255 e. The summed E-state index contributed by atoms with van der Waals surface area (Å²) in [5, 5.41) is 6.84. The SMILES string of the molecule is CCc1ccc(OCC2CC2)c(C2NC(C)=C(C(=O)NC3CCN(C(C)=O)CC3)c3[nH]ccc32)c1. The van der Waals surface area contributed by atoms with E-state index in [1.54, 1.807) is 6.92 Å². The van der Waals surface area contributed by atoms with Gasteiger partial charge < -0.3 is 25.3 Å². The van der Waals surface area contributed by atoms with Crippen molar-refractivity contribution >= 4 is 17.4 Å². The first-order valence-electron chi connectivity index (χ1n) is 12.9. The van der Waals surface area contributed by atoms with Crippen molar-refractivity contribution in [2.24, 2.45) is 5.92 Å². The predicted molar refractivity (Wildman–Crippen MR) is 136 cm³/mol. The summed E-state index contributed by atoms with van der Waals surface area (Å²) < 4.78 is 6.27. The molecule has 1 unspecified atom stereocenters. The van der Waals surface area contributed by atoms with Gasteiger partial charge in [0.05, 0.1) is 23.9 Å². The summed E-state index contributed by atoms with van der Waals surface area (Å²) in [4.78, 5) is 30.2. The molecule has 2 aliphatic heterocycles. The highest BCUT2D eigenvalue weighted by molar-refractivity contribution is 6.20. The molecule has 2 amide bonds. The number of aromatic amines is 1. The molecule has 3 heterocycles. The average molecular weight is 477 g/mol. The van der Waals surface area contributed by atoms with Crippen LogP contribution in [-0.4, -0.2) is 47.4 Å². The molecule has 2 aromatic rings. The minimum absolute atomic E-state index is 0.0678. The third-order valence-electron chi connectivity index (χ3n) is 7.54. The van der Waals surface area contributed by atoms with E-state index in [0.29, 0.717) is 24.6 Å². The Kier molecular flexibility index (Phi) is 6.58. The van der Waals surface area contributed by atoms with E-state index in [1.807, 2.05) is 18.0 Å². The lowest BCUT2D eigenvalue weighted by atomic mass is 9.89. The molecule has 1 saturated carbocycles. The second kappa shape index (κ2) is 9.80. The number of H-pyrrole nitrogens is 1. The quantitative estimate of drug-likeness (QED) is 0.565. The van der Waals surface area contributed by atoms with Crippen LogP contribution in [0.25, 0.3) is 5.57 Å². The van der Waals surface area contributed by atoms with E-state index in [1.165, 1.54) is 18.4 Å². The number of allylic oxidation sites excluding steroid dienone is 1. The number of hydrogen-bond donors (Lipinski definition) is 3. The Hall–Kier alpha value is -3.22. The molecule has 1 aromatic carbocycles. The van der Waals surface area contributed by atoms with Gasteiger partial charge in [-0.25, -0.2) is 0 Å². The molecule has 1 aromatic heterocycles. The molecule has 7 nitrogen and oxygen atoms in total. The number of benzene rings is 1. The van der Waals surface area contributed by atoms with Gasteiger partial charge in [0.15, 0.2) is 0 Å². The fraction of sp³-hybridized carbons (Fsp3) is 0.500. The molecule has 0 bridgehead atoms. The van der Waals surface area contributed by atoms with Gasteiger partial charge in [-0.1, -0.05) is 13.0 Å². The van der Waals surface area contributed by atoms with Gasteiger partial charge in [-0.05, 0) is 68.7 Å². The van der Waals surface area contributed by atoms with Crippen LogP contribution in [-0.2, 0) is 16.0 Å². The Morgan fingerprint density at radius 3 is 2.57 bits per heavy atom. The minimum atomic E-state index is -0.0905. The fourth-order valence-electron chi connectivity index (χ4n) is 5.18. The van der Waals surface area contributed by atoms with Gasteiger partial charge in [-0.15, -0.1) is 0 Å². The topological polar surface area (TPSA) is 86.5 Å². The van der Waals surface area contributed by atoms with Crippen LogP contribution in [0.3, 0.4) is 0 Å². The molecule has 0 spiro atoms. The molecule has 5 rings (SSSR count). The van der Waals surface area contributed by atoms with Gasteiger partial charge in [-0.3, -0.25) is 9.59 Å². The number of fused-ring (bicyclic) bond motifs is 1. The zero-order valence-electron chi connectivity index (χ0n) is 20.9. The number of ether oxygens (including phenoxy) is 1. The van der Waals surface area contributed by atoms with Crippen molar-refractivity contribution < 1.29 is 14.3 Å². The highest BCUT2D eigenvalue weighted by Gasteiger charge is 2.33. The molecule has 0 radical (unpaired) electrons. The van der Waals surface area contributed by atoms with E-state index < -0.39 is 0 Å². The normalized spacial score (nSPS) is 20.3. The van der Waals surface area contributed by atoms with Gasteiger partial charge in [0.2, 0.25) is 5.91 Å². The van der Waals surface area contributed by atoms with Crippen molar-refractivity contribution in [3.63, 3.8) is 0 Å². The van der Waals surface area contributed by atoms with Crippen molar-refractivity contribution in [3.8, 4) is 5.75 Å². The van der Waals surface area contributed by atoms with Crippen molar-refractivity contribution in [2.45, 2.75) is 65.0 Å². The highest BCUT2D eigenvalue weighted by atomic mass is 16.5. The Morgan fingerprint density at radius 2 is 1.89 bits per heavy atom. The van der Waals surface area contributed by atoms with E-state index >= 15 is 0 Å². The standard InChI is InChI=1S/C28H36N4O3/c1-4-19-7-8-24(35-16-20-5-6-20)23(15-19)26-22-9-12-29-27(22)25(17(2)30-26)28(34)31-21-10-13-32(14-11-21)18(3)33/h7-9,12,15,20-21,26,29-30H,4-6,10-11,13-14,16H2,1-3H3,(H,31,34). The second-order valence-corrected chi connectivity index (χ2v) is 10.1. The number of aryl methyl sites for hydroxylation is 1. The van der Waals surface area contributed by atoms with Gasteiger partial charge in [0.1, 0.15) is 5.75 Å². The largest absolute Gasteiger partial charge is 0.493 e. The maximum Gasteiger partial charge on any atom is 0.255 e. The zero-order valence-corrected chi connectivity index (χ0v) is 20.9. The van der Waals surface area contributed by atoms with Crippen LogP contribution in [0.5, 0.6) is 5.75 Å². The number of carbonyl (C=O) groups is 2. The van der Waals surface area contributed by atoms with Crippen molar-refractivity contribution in [3.05, 3.63) is 58.5 Å². The van der Waals surface area contributed by atoms with Crippen LogP contribution in [0, 0.1) is 5.92 Å². The summed E-state index contributed by atoms with van der Waals surface area (Å²) in [6, 6.07) is 8.51. The Morgan fingerprint density at radius 1 is 1.11 bits per heavy atom. The molecule has 1 saturated heterocycles. The first-order chi connectivity index (χ1) is 16.9. The third kappa shape index (κ3) is 4.95.